The SMILES string of the molecule is CCC(C1=C(O)C(=O)[C@H](C(CC)Cc2ccccc2)OC1=O)c1ccccc1. The van der Waals surface area contributed by atoms with Crippen LogP contribution < -0.4 is 0 Å². The minimum absolute atomic E-state index is 0.0736. The van der Waals surface area contributed by atoms with Crippen LogP contribution in [0.3, 0.4) is 0 Å². The summed E-state index contributed by atoms with van der Waals surface area (Å²) in [7, 11) is 0. The Morgan fingerprint density at radius 1 is 0.929 bits per heavy atom. The third-order valence-corrected chi connectivity index (χ3v) is 5.45. The van der Waals surface area contributed by atoms with E-state index in [0.717, 1.165) is 11.1 Å². The Hall–Kier alpha value is -2.88. The van der Waals surface area contributed by atoms with E-state index in [2.05, 4.69) is 0 Å². The fourth-order valence-electron chi connectivity index (χ4n) is 3.89. The summed E-state index contributed by atoms with van der Waals surface area (Å²) in [5, 5.41) is 10.7. The number of ether oxygens (including phenoxy) is 1. The third-order valence-electron chi connectivity index (χ3n) is 5.45. The molecule has 0 saturated carbocycles. The van der Waals surface area contributed by atoms with Crippen molar-refractivity contribution in [1.29, 1.82) is 0 Å². The molecule has 0 spiro atoms. The van der Waals surface area contributed by atoms with Crippen molar-refractivity contribution in [2.24, 2.45) is 5.92 Å². The number of Topliss-reactive ketones (excluding diaryl/α,β-unsaturated/α-hetero) is 1. The van der Waals surface area contributed by atoms with Gasteiger partial charge >= 0.3 is 5.97 Å². The Morgan fingerprint density at radius 3 is 2.11 bits per heavy atom. The Kier molecular flexibility index (Phi) is 6.30. The van der Waals surface area contributed by atoms with Crippen LogP contribution in [0, 0.1) is 5.92 Å². The van der Waals surface area contributed by atoms with E-state index in [1.54, 1.807) is 0 Å². The monoisotopic (exact) mass is 378 g/mol. The van der Waals surface area contributed by atoms with Crippen LogP contribution in [0.4, 0.5) is 0 Å². The van der Waals surface area contributed by atoms with Crippen molar-refractivity contribution >= 4 is 11.8 Å². The van der Waals surface area contributed by atoms with Crippen LogP contribution in [0.2, 0.25) is 0 Å². The fraction of sp³-hybridized carbons (Fsp3) is 0.333. The molecule has 28 heavy (non-hydrogen) atoms. The molecule has 1 aliphatic heterocycles. The summed E-state index contributed by atoms with van der Waals surface area (Å²) in [6.45, 7) is 3.88. The Labute approximate surface area is 165 Å². The second-order valence-electron chi connectivity index (χ2n) is 7.18. The number of cyclic esters (lactones) is 1. The number of carbonyl (C=O) groups excluding carboxylic acids is 2. The number of hydrogen-bond donors (Lipinski definition) is 1. The van der Waals surface area contributed by atoms with Gasteiger partial charge < -0.3 is 9.84 Å². The summed E-state index contributed by atoms with van der Waals surface area (Å²) in [5.74, 6) is -2.08. The molecule has 1 N–H and O–H groups in total. The molecule has 1 heterocycles. The van der Waals surface area contributed by atoms with Gasteiger partial charge in [-0.1, -0.05) is 74.5 Å². The zero-order chi connectivity index (χ0) is 20.1. The zero-order valence-electron chi connectivity index (χ0n) is 16.3. The second kappa shape index (κ2) is 8.87. The van der Waals surface area contributed by atoms with Crippen LogP contribution in [0.1, 0.15) is 43.7 Å². The molecule has 2 aromatic rings. The van der Waals surface area contributed by atoms with Gasteiger partial charge in [0.2, 0.25) is 5.78 Å². The first kappa shape index (κ1) is 19.9. The molecule has 3 rings (SSSR count). The largest absolute Gasteiger partial charge is 0.504 e. The normalized spacial score (nSPS) is 19.3. The molecule has 3 atom stereocenters. The molecule has 4 heteroatoms. The van der Waals surface area contributed by atoms with E-state index in [-0.39, 0.29) is 17.4 Å². The van der Waals surface area contributed by atoms with Gasteiger partial charge in [0.1, 0.15) is 0 Å². The van der Waals surface area contributed by atoms with Crippen molar-refractivity contribution in [2.75, 3.05) is 0 Å². The van der Waals surface area contributed by atoms with Crippen LogP contribution in [0.5, 0.6) is 0 Å². The highest BCUT2D eigenvalue weighted by molar-refractivity contribution is 6.09. The first-order valence-corrected chi connectivity index (χ1v) is 9.83. The predicted octanol–water partition coefficient (Wildman–Crippen LogP) is 4.76. The minimum Gasteiger partial charge on any atom is -0.504 e. The molecule has 2 aromatic carbocycles. The van der Waals surface area contributed by atoms with Gasteiger partial charge in [0.05, 0.1) is 5.57 Å². The third kappa shape index (κ3) is 4.01. The molecule has 146 valence electrons. The highest BCUT2D eigenvalue weighted by atomic mass is 16.6. The summed E-state index contributed by atoms with van der Waals surface area (Å²) >= 11 is 0. The van der Waals surface area contributed by atoms with Gasteiger partial charge in [0, 0.05) is 11.8 Å². The van der Waals surface area contributed by atoms with Crippen LogP contribution in [0.25, 0.3) is 0 Å². The summed E-state index contributed by atoms with van der Waals surface area (Å²) in [6, 6.07) is 19.2. The molecular formula is C24H26O4. The molecule has 4 nitrogen and oxygen atoms in total. The summed E-state index contributed by atoms with van der Waals surface area (Å²) < 4.78 is 5.60. The number of esters is 1. The van der Waals surface area contributed by atoms with Crippen LogP contribution in [-0.4, -0.2) is 23.0 Å². The topological polar surface area (TPSA) is 63.6 Å². The van der Waals surface area contributed by atoms with Gasteiger partial charge in [-0.25, -0.2) is 4.79 Å². The number of aliphatic hydroxyl groups excluding tert-OH is 1. The lowest BCUT2D eigenvalue weighted by atomic mass is 9.82. The van der Waals surface area contributed by atoms with Crippen molar-refractivity contribution in [3.8, 4) is 0 Å². The number of aliphatic hydroxyl groups is 1. The van der Waals surface area contributed by atoms with Crippen molar-refractivity contribution < 1.29 is 19.4 Å². The molecule has 0 amide bonds. The van der Waals surface area contributed by atoms with Crippen molar-refractivity contribution in [3.63, 3.8) is 0 Å². The Balaban J connectivity index is 1.90. The van der Waals surface area contributed by atoms with Gasteiger partial charge in [-0.05, 0) is 30.4 Å². The van der Waals surface area contributed by atoms with Gasteiger partial charge in [-0.2, -0.15) is 0 Å². The van der Waals surface area contributed by atoms with Gasteiger partial charge in [0.15, 0.2) is 11.9 Å². The van der Waals surface area contributed by atoms with E-state index in [9.17, 15) is 14.7 Å². The summed E-state index contributed by atoms with van der Waals surface area (Å²) in [4.78, 5) is 25.8. The predicted molar refractivity (Wildman–Crippen MR) is 108 cm³/mol. The molecule has 0 aliphatic carbocycles. The lowest BCUT2D eigenvalue weighted by Gasteiger charge is -2.31. The lowest BCUT2D eigenvalue weighted by Crippen LogP contribution is -2.42. The fourth-order valence-corrected chi connectivity index (χ4v) is 3.89. The molecule has 0 aromatic heterocycles. The number of carbonyl (C=O) groups is 2. The molecule has 1 aliphatic rings. The molecule has 2 unspecified atom stereocenters. The first-order valence-electron chi connectivity index (χ1n) is 9.83. The molecule has 0 radical (unpaired) electrons. The van der Waals surface area contributed by atoms with E-state index in [4.69, 9.17) is 4.74 Å². The maximum atomic E-state index is 12.9. The van der Waals surface area contributed by atoms with E-state index in [1.807, 2.05) is 74.5 Å². The van der Waals surface area contributed by atoms with Crippen molar-refractivity contribution in [2.45, 2.75) is 45.1 Å². The van der Waals surface area contributed by atoms with E-state index in [0.29, 0.717) is 19.3 Å². The standard InChI is InChI=1S/C24H26O4/c1-3-17(15-16-11-7-5-8-12-16)23-22(26)21(25)20(24(27)28-23)19(4-2)18-13-9-6-10-14-18/h5-14,17,19,23,25H,3-4,15H2,1-2H3/t17?,19?,23-/m0/s1. The quantitative estimate of drug-likeness (QED) is 0.706. The van der Waals surface area contributed by atoms with Crippen LogP contribution >= 0.6 is 0 Å². The minimum atomic E-state index is -0.949. The number of rotatable bonds is 7. The number of hydrogen-bond acceptors (Lipinski definition) is 4. The van der Waals surface area contributed by atoms with Gasteiger partial charge in [-0.15, -0.1) is 0 Å². The average molecular weight is 378 g/mol. The lowest BCUT2D eigenvalue weighted by molar-refractivity contribution is -0.158. The van der Waals surface area contributed by atoms with Gasteiger partial charge in [0.25, 0.3) is 0 Å². The molecular weight excluding hydrogens is 352 g/mol. The van der Waals surface area contributed by atoms with Crippen molar-refractivity contribution in [3.05, 3.63) is 83.1 Å². The second-order valence-corrected chi connectivity index (χ2v) is 7.18. The van der Waals surface area contributed by atoms with Gasteiger partial charge in [-0.3, -0.25) is 4.79 Å². The summed E-state index contributed by atoms with van der Waals surface area (Å²) in [5.41, 5.74) is 2.03. The highest BCUT2D eigenvalue weighted by Gasteiger charge is 2.42. The Morgan fingerprint density at radius 2 is 1.54 bits per heavy atom. The summed E-state index contributed by atoms with van der Waals surface area (Å²) in [6.07, 6.45) is 0.906. The zero-order valence-corrected chi connectivity index (χ0v) is 16.3. The molecule has 0 fully saturated rings. The highest BCUT2D eigenvalue weighted by Crippen LogP contribution is 2.35. The molecule has 0 saturated heterocycles. The number of benzene rings is 2. The smallest absolute Gasteiger partial charge is 0.339 e. The van der Waals surface area contributed by atoms with E-state index >= 15 is 0 Å². The van der Waals surface area contributed by atoms with Crippen LogP contribution in [0.15, 0.2) is 72.0 Å². The first-order chi connectivity index (χ1) is 13.6. The maximum absolute atomic E-state index is 12.9. The van der Waals surface area contributed by atoms with E-state index in [1.165, 1.54) is 0 Å². The van der Waals surface area contributed by atoms with Crippen LogP contribution in [-0.2, 0) is 20.7 Å². The average Bonchev–Trinajstić information content (AvgIpc) is 2.73. The maximum Gasteiger partial charge on any atom is 0.339 e. The Bertz CT molecular complexity index is 855. The molecule has 0 bridgehead atoms. The van der Waals surface area contributed by atoms with Crippen molar-refractivity contribution in [1.82, 2.24) is 0 Å². The van der Waals surface area contributed by atoms with E-state index < -0.39 is 23.6 Å². The number of ketones is 1.